The Balaban J connectivity index is 1.42. The highest BCUT2D eigenvalue weighted by Gasteiger charge is 2.24. The summed E-state index contributed by atoms with van der Waals surface area (Å²) in [5.41, 5.74) is 3.59. The third-order valence-electron chi connectivity index (χ3n) is 5.05. The Labute approximate surface area is 166 Å². The predicted molar refractivity (Wildman–Crippen MR) is 107 cm³/mol. The van der Waals surface area contributed by atoms with Crippen molar-refractivity contribution in [1.29, 1.82) is 0 Å². The quantitative estimate of drug-likeness (QED) is 0.574. The molecular weight excluding hydrogens is 370 g/mol. The van der Waals surface area contributed by atoms with Gasteiger partial charge in [0.15, 0.2) is 5.82 Å². The molecule has 29 heavy (non-hydrogen) atoms. The molecule has 1 amide bonds. The van der Waals surface area contributed by atoms with E-state index in [1.165, 1.54) is 0 Å². The molecule has 1 aliphatic rings. The summed E-state index contributed by atoms with van der Waals surface area (Å²) in [6, 6.07) is 15.1. The molecule has 0 aliphatic carbocycles. The van der Waals surface area contributed by atoms with Gasteiger partial charge >= 0.3 is 0 Å². The fraction of sp³-hybridized carbons (Fsp3) is 0.250. The second-order valence-electron chi connectivity index (χ2n) is 6.99. The second-order valence-corrected chi connectivity index (χ2v) is 6.99. The van der Waals surface area contributed by atoms with E-state index in [-0.39, 0.29) is 11.9 Å². The molecule has 1 fully saturated rings. The van der Waals surface area contributed by atoms with E-state index in [0.717, 1.165) is 16.7 Å². The molecule has 5 rings (SSSR count). The second kappa shape index (κ2) is 7.10. The van der Waals surface area contributed by atoms with Crippen LogP contribution in [0.5, 0.6) is 0 Å². The van der Waals surface area contributed by atoms with Gasteiger partial charge in [-0.1, -0.05) is 12.1 Å². The average molecular weight is 389 g/mol. The number of benzene rings is 2. The Morgan fingerprint density at radius 1 is 1.17 bits per heavy atom. The van der Waals surface area contributed by atoms with E-state index in [1.807, 2.05) is 60.4 Å². The Hall–Kier alpha value is -3.59. The fourth-order valence-corrected chi connectivity index (χ4v) is 3.52. The number of amides is 1. The molecule has 4 aromatic rings. The van der Waals surface area contributed by atoms with Gasteiger partial charge in [-0.15, -0.1) is 5.10 Å². The smallest absolute Gasteiger partial charge is 0.254 e. The zero-order valence-electron chi connectivity index (χ0n) is 15.8. The van der Waals surface area contributed by atoms with Crippen molar-refractivity contribution in [3.63, 3.8) is 0 Å². The van der Waals surface area contributed by atoms with Gasteiger partial charge in [-0.05, 0) is 53.7 Å². The van der Waals surface area contributed by atoms with Crippen molar-refractivity contribution in [2.75, 3.05) is 25.1 Å². The minimum Gasteiger partial charge on any atom is -0.377 e. The van der Waals surface area contributed by atoms with Gasteiger partial charge in [0.25, 0.3) is 5.91 Å². The van der Waals surface area contributed by atoms with Crippen LogP contribution < -0.4 is 5.32 Å². The van der Waals surface area contributed by atoms with Crippen molar-refractivity contribution in [2.45, 2.75) is 13.0 Å². The maximum absolute atomic E-state index is 12.8. The summed E-state index contributed by atoms with van der Waals surface area (Å²) in [5.74, 6) is 0.565. The van der Waals surface area contributed by atoms with Crippen LogP contribution in [0.2, 0.25) is 0 Å². The summed E-state index contributed by atoms with van der Waals surface area (Å²) < 4.78 is 7.07. The molecule has 1 unspecified atom stereocenters. The van der Waals surface area contributed by atoms with Crippen molar-refractivity contribution in [3.8, 4) is 0 Å². The van der Waals surface area contributed by atoms with Crippen molar-refractivity contribution in [2.24, 2.45) is 0 Å². The normalized spacial score (nSPS) is 17.0. The van der Waals surface area contributed by atoms with Crippen LogP contribution in [-0.2, 0) is 4.74 Å². The molecule has 1 saturated heterocycles. The van der Waals surface area contributed by atoms with Crippen LogP contribution in [-0.4, -0.2) is 61.6 Å². The van der Waals surface area contributed by atoms with Crippen molar-refractivity contribution in [1.82, 2.24) is 29.9 Å². The highest BCUT2D eigenvalue weighted by molar-refractivity contribution is 5.95. The molecule has 0 bridgehead atoms. The van der Waals surface area contributed by atoms with E-state index in [9.17, 15) is 4.79 Å². The number of tetrazole rings is 1. The molecule has 2 aromatic heterocycles. The highest BCUT2D eigenvalue weighted by Crippen LogP contribution is 2.23. The van der Waals surface area contributed by atoms with E-state index in [2.05, 4.69) is 25.8 Å². The van der Waals surface area contributed by atoms with Crippen molar-refractivity contribution < 1.29 is 9.53 Å². The first-order chi connectivity index (χ1) is 14.2. The van der Waals surface area contributed by atoms with Crippen LogP contribution >= 0.6 is 0 Å². The van der Waals surface area contributed by atoms with Gasteiger partial charge in [-0.3, -0.25) is 4.79 Å². The molecule has 0 saturated carbocycles. The number of fused-ring (bicyclic) bond motifs is 3. The number of carbonyl (C=O) groups excluding carboxylic acids is 1. The summed E-state index contributed by atoms with van der Waals surface area (Å²) in [5, 5.41) is 15.2. The minimum absolute atomic E-state index is 0.0141. The Bertz CT molecular complexity index is 1190. The number of hydrogen-bond donors (Lipinski definition) is 1. The summed E-state index contributed by atoms with van der Waals surface area (Å²) in [4.78, 5) is 19.3. The number of nitrogens with one attached hydrogen (secondary N) is 1. The maximum atomic E-state index is 12.8. The van der Waals surface area contributed by atoms with Crippen LogP contribution in [0.1, 0.15) is 17.3 Å². The van der Waals surface area contributed by atoms with Crippen LogP contribution in [0.25, 0.3) is 16.7 Å². The van der Waals surface area contributed by atoms with E-state index in [4.69, 9.17) is 4.74 Å². The lowest BCUT2D eigenvalue weighted by Crippen LogP contribution is -2.47. The lowest BCUT2D eigenvalue weighted by atomic mass is 10.1. The largest absolute Gasteiger partial charge is 0.377 e. The van der Waals surface area contributed by atoms with E-state index in [0.29, 0.717) is 36.8 Å². The molecule has 0 spiro atoms. The van der Waals surface area contributed by atoms with Crippen molar-refractivity contribution in [3.05, 3.63) is 54.1 Å². The number of nitrogens with zero attached hydrogens (tertiary/aromatic N) is 6. The van der Waals surface area contributed by atoms with Crippen LogP contribution in [0.4, 0.5) is 11.5 Å². The molecule has 1 aliphatic heterocycles. The lowest BCUT2D eigenvalue weighted by molar-refractivity contribution is 0.00359. The highest BCUT2D eigenvalue weighted by atomic mass is 16.5. The number of ether oxygens (including phenoxy) is 1. The number of hydrogen-bond acceptors (Lipinski definition) is 7. The molecule has 3 heterocycles. The van der Waals surface area contributed by atoms with E-state index >= 15 is 0 Å². The summed E-state index contributed by atoms with van der Waals surface area (Å²) in [6.45, 7) is 3.75. The van der Waals surface area contributed by atoms with Gasteiger partial charge in [0, 0.05) is 17.8 Å². The molecule has 1 atom stereocenters. The lowest BCUT2D eigenvalue weighted by Gasteiger charge is -2.33. The first kappa shape index (κ1) is 17.5. The van der Waals surface area contributed by atoms with Gasteiger partial charge in [-0.2, -0.15) is 4.52 Å². The standard InChI is InChI=1S/C20H19N7O2/c1-13-12-29-11-10-26(13)20(28)14-6-8-15(9-7-14)21-18-19-23-24-25-27(19)17-5-3-2-4-16(17)22-18/h2-9,13H,10-12H2,1H3,(H,21,22). The number of anilines is 2. The third kappa shape index (κ3) is 3.15. The van der Waals surface area contributed by atoms with Gasteiger partial charge < -0.3 is 15.0 Å². The zero-order chi connectivity index (χ0) is 19.8. The summed E-state index contributed by atoms with van der Waals surface area (Å²) in [6.07, 6.45) is 0. The first-order valence-corrected chi connectivity index (χ1v) is 9.43. The van der Waals surface area contributed by atoms with Crippen LogP contribution in [0.15, 0.2) is 48.5 Å². The fourth-order valence-electron chi connectivity index (χ4n) is 3.52. The molecule has 2 aromatic carbocycles. The van der Waals surface area contributed by atoms with Gasteiger partial charge in [0.1, 0.15) is 0 Å². The number of morpholine rings is 1. The summed E-state index contributed by atoms with van der Waals surface area (Å²) >= 11 is 0. The number of para-hydroxylation sites is 2. The topological polar surface area (TPSA) is 97.5 Å². The molecule has 9 nitrogen and oxygen atoms in total. The van der Waals surface area contributed by atoms with Gasteiger partial charge in [-0.25, -0.2) is 4.98 Å². The van der Waals surface area contributed by atoms with E-state index in [1.54, 1.807) is 4.52 Å². The monoisotopic (exact) mass is 389 g/mol. The van der Waals surface area contributed by atoms with Crippen LogP contribution in [0, 0.1) is 0 Å². The van der Waals surface area contributed by atoms with Crippen LogP contribution in [0.3, 0.4) is 0 Å². The van der Waals surface area contributed by atoms with Gasteiger partial charge in [0.2, 0.25) is 5.65 Å². The minimum atomic E-state index is 0.0141. The number of aromatic nitrogens is 5. The third-order valence-corrected chi connectivity index (χ3v) is 5.05. The number of rotatable bonds is 3. The Morgan fingerprint density at radius 3 is 2.83 bits per heavy atom. The predicted octanol–water partition coefficient (Wildman–Crippen LogP) is 2.28. The molecule has 9 heteroatoms. The SMILES string of the molecule is CC1COCCN1C(=O)c1ccc(Nc2nc3ccccc3n3nnnc23)cc1. The molecule has 0 radical (unpaired) electrons. The Morgan fingerprint density at radius 2 is 2.00 bits per heavy atom. The molecule has 146 valence electrons. The number of carbonyl (C=O) groups is 1. The zero-order valence-corrected chi connectivity index (χ0v) is 15.8. The molecular formula is C20H19N7O2. The maximum Gasteiger partial charge on any atom is 0.254 e. The first-order valence-electron chi connectivity index (χ1n) is 9.43. The van der Waals surface area contributed by atoms with E-state index < -0.39 is 0 Å². The average Bonchev–Trinajstić information content (AvgIpc) is 3.25. The molecule has 1 N–H and O–H groups in total. The van der Waals surface area contributed by atoms with Gasteiger partial charge in [0.05, 0.1) is 30.3 Å². The van der Waals surface area contributed by atoms with Crippen molar-refractivity contribution >= 4 is 34.1 Å². The Kier molecular flexibility index (Phi) is 4.28. The summed E-state index contributed by atoms with van der Waals surface area (Å²) in [7, 11) is 0.